The molecule has 0 bridgehead atoms. The summed E-state index contributed by atoms with van der Waals surface area (Å²) < 4.78 is 32.9. The Hall–Kier alpha value is -1.51. The number of esters is 2. The Labute approximate surface area is 351 Å². The fourth-order valence-corrected chi connectivity index (χ4v) is 7.55. The Balaban J connectivity index is 4.07. The molecule has 1 unspecified atom stereocenters. The molecule has 2 atom stereocenters. The molecule has 10 heteroatoms. The molecular formula is C47H90NO8P. The van der Waals surface area contributed by atoms with Gasteiger partial charge in [0.2, 0.25) is 0 Å². The molecule has 9 nitrogen and oxygen atoms in total. The van der Waals surface area contributed by atoms with Crippen LogP contribution in [0.5, 0.6) is 0 Å². The quantitative estimate of drug-likeness (QED) is 0.0266. The summed E-state index contributed by atoms with van der Waals surface area (Å²) in [6.07, 6.45) is 47.7. The highest BCUT2D eigenvalue weighted by Gasteiger charge is 2.26. The third-order valence-electron chi connectivity index (χ3n) is 10.3. The molecule has 0 aromatic carbocycles. The summed E-state index contributed by atoms with van der Waals surface area (Å²) in [5.41, 5.74) is 5.36. The summed E-state index contributed by atoms with van der Waals surface area (Å²) in [5, 5.41) is 0. The molecule has 0 aliphatic carbocycles. The van der Waals surface area contributed by atoms with Gasteiger partial charge in [-0.3, -0.25) is 18.6 Å². The topological polar surface area (TPSA) is 134 Å². The van der Waals surface area contributed by atoms with Crippen LogP contribution < -0.4 is 5.73 Å². The van der Waals surface area contributed by atoms with E-state index in [2.05, 4.69) is 38.2 Å². The van der Waals surface area contributed by atoms with Gasteiger partial charge in [0, 0.05) is 19.4 Å². The smallest absolute Gasteiger partial charge is 0.462 e. The summed E-state index contributed by atoms with van der Waals surface area (Å²) in [6.45, 7) is 3.74. The van der Waals surface area contributed by atoms with Gasteiger partial charge in [0.15, 0.2) is 6.10 Å². The van der Waals surface area contributed by atoms with Crippen molar-refractivity contribution in [1.29, 1.82) is 0 Å². The van der Waals surface area contributed by atoms with Gasteiger partial charge < -0.3 is 20.1 Å². The number of rotatable bonds is 45. The molecule has 0 fully saturated rings. The minimum absolute atomic E-state index is 0.0548. The first-order valence-electron chi connectivity index (χ1n) is 23.8. The maximum absolute atomic E-state index is 12.6. The Kier molecular flexibility index (Phi) is 42.9. The van der Waals surface area contributed by atoms with E-state index >= 15 is 0 Å². The first-order valence-corrected chi connectivity index (χ1v) is 25.3. The first kappa shape index (κ1) is 55.5. The van der Waals surface area contributed by atoms with Crippen LogP contribution >= 0.6 is 7.82 Å². The van der Waals surface area contributed by atoms with Crippen molar-refractivity contribution < 1.29 is 37.6 Å². The van der Waals surface area contributed by atoms with Gasteiger partial charge in [0.25, 0.3) is 0 Å². The standard InChI is InChI=1S/C47H90NO8P/c1-3-5-7-9-11-13-15-17-19-21-22-24-25-27-29-31-33-35-37-39-46(49)53-43-45(44-55-57(51,52)54-42-41-48)56-47(50)40-38-36-34-32-30-28-26-23-20-18-16-14-12-10-8-6-4-2/h11,13,17,19,45H,3-10,12,14-16,18,20-44,48H2,1-2H3,(H,51,52)/b13-11-,19-17-/t45-/m1/s1. The van der Waals surface area contributed by atoms with Gasteiger partial charge in [-0.1, -0.05) is 199 Å². The van der Waals surface area contributed by atoms with Crippen LogP contribution in [0.4, 0.5) is 0 Å². The Morgan fingerprint density at radius 1 is 0.526 bits per heavy atom. The molecule has 0 amide bonds. The van der Waals surface area contributed by atoms with E-state index in [4.69, 9.17) is 24.3 Å². The Morgan fingerprint density at radius 2 is 0.912 bits per heavy atom. The van der Waals surface area contributed by atoms with Gasteiger partial charge in [0.1, 0.15) is 6.61 Å². The number of ether oxygens (including phenoxy) is 2. The molecule has 0 aliphatic rings. The number of hydrogen-bond acceptors (Lipinski definition) is 8. The van der Waals surface area contributed by atoms with E-state index in [0.717, 1.165) is 38.5 Å². The maximum atomic E-state index is 12.6. The van der Waals surface area contributed by atoms with Crippen molar-refractivity contribution in [2.45, 2.75) is 238 Å². The monoisotopic (exact) mass is 828 g/mol. The van der Waals surface area contributed by atoms with Crippen molar-refractivity contribution >= 4 is 19.8 Å². The summed E-state index contributed by atoms with van der Waals surface area (Å²) in [6, 6.07) is 0. The van der Waals surface area contributed by atoms with Crippen molar-refractivity contribution in [3.63, 3.8) is 0 Å². The van der Waals surface area contributed by atoms with Crippen molar-refractivity contribution in [1.82, 2.24) is 0 Å². The zero-order valence-corrected chi connectivity index (χ0v) is 38.0. The number of hydrogen-bond donors (Lipinski definition) is 2. The van der Waals surface area contributed by atoms with E-state index in [1.54, 1.807) is 0 Å². The largest absolute Gasteiger partial charge is 0.472 e. The van der Waals surface area contributed by atoms with E-state index in [0.29, 0.717) is 6.42 Å². The lowest BCUT2D eigenvalue weighted by Gasteiger charge is -2.19. The zero-order valence-electron chi connectivity index (χ0n) is 37.1. The minimum atomic E-state index is -4.38. The molecule has 0 rings (SSSR count). The molecule has 0 saturated heterocycles. The molecule has 336 valence electrons. The minimum Gasteiger partial charge on any atom is -0.462 e. The first-order chi connectivity index (χ1) is 27.8. The van der Waals surface area contributed by atoms with Crippen LogP contribution in [0.2, 0.25) is 0 Å². The third-order valence-corrected chi connectivity index (χ3v) is 11.3. The molecule has 0 spiro atoms. The van der Waals surface area contributed by atoms with Crippen LogP contribution in [-0.2, 0) is 32.7 Å². The molecule has 0 aromatic rings. The second-order valence-electron chi connectivity index (χ2n) is 16.0. The van der Waals surface area contributed by atoms with Gasteiger partial charge in [-0.2, -0.15) is 0 Å². The van der Waals surface area contributed by atoms with Crippen molar-refractivity contribution in [3.05, 3.63) is 24.3 Å². The van der Waals surface area contributed by atoms with Gasteiger partial charge in [-0.25, -0.2) is 4.57 Å². The molecule has 0 heterocycles. The molecule has 57 heavy (non-hydrogen) atoms. The summed E-state index contributed by atoms with van der Waals surface area (Å²) in [5.74, 6) is -0.822. The van der Waals surface area contributed by atoms with Crippen LogP contribution in [0.1, 0.15) is 232 Å². The molecule has 0 aliphatic heterocycles. The SMILES string of the molecule is CCCCC/C=C\C/C=C\CCCCCCCCCCCC(=O)OC[C@H](COP(=O)(O)OCCN)OC(=O)CCCCCCCCCCCCCCCCCCC. The molecule has 3 N–H and O–H groups in total. The number of allylic oxidation sites excluding steroid dienone is 4. The molecule has 0 aromatic heterocycles. The van der Waals surface area contributed by atoms with E-state index in [1.807, 2.05) is 0 Å². The Morgan fingerprint density at radius 3 is 1.37 bits per heavy atom. The van der Waals surface area contributed by atoms with E-state index in [1.165, 1.54) is 161 Å². The average molecular weight is 828 g/mol. The maximum Gasteiger partial charge on any atom is 0.472 e. The lowest BCUT2D eigenvalue weighted by atomic mass is 10.0. The fraction of sp³-hybridized carbons (Fsp3) is 0.872. The van der Waals surface area contributed by atoms with Gasteiger partial charge in [0.05, 0.1) is 13.2 Å². The van der Waals surface area contributed by atoms with Crippen molar-refractivity contribution in [2.75, 3.05) is 26.4 Å². The second-order valence-corrected chi connectivity index (χ2v) is 17.4. The summed E-state index contributed by atoms with van der Waals surface area (Å²) in [4.78, 5) is 35.0. The zero-order chi connectivity index (χ0) is 41.8. The lowest BCUT2D eigenvalue weighted by molar-refractivity contribution is -0.161. The lowest BCUT2D eigenvalue weighted by Crippen LogP contribution is -2.29. The van der Waals surface area contributed by atoms with Crippen LogP contribution in [0.25, 0.3) is 0 Å². The number of phosphoric ester groups is 1. The van der Waals surface area contributed by atoms with Crippen molar-refractivity contribution in [2.24, 2.45) is 5.73 Å². The van der Waals surface area contributed by atoms with Gasteiger partial charge in [-0.05, 0) is 44.9 Å². The normalized spacial score (nSPS) is 13.4. The highest BCUT2D eigenvalue weighted by Crippen LogP contribution is 2.43. The van der Waals surface area contributed by atoms with Crippen LogP contribution in [0.15, 0.2) is 24.3 Å². The van der Waals surface area contributed by atoms with Crippen LogP contribution in [0, 0.1) is 0 Å². The van der Waals surface area contributed by atoms with Crippen LogP contribution in [-0.4, -0.2) is 49.3 Å². The third kappa shape index (κ3) is 43.9. The predicted octanol–water partition coefficient (Wildman–Crippen LogP) is 13.9. The highest BCUT2D eigenvalue weighted by atomic mass is 31.2. The molecule has 0 radical (unpaired) electrons. The van der Waals surface area contributed by atoms with E-state index in [-0.39, 0.29) is 38.6 Å². The number of carbonyl (C=O) groups is 2. The summed E-state index contributed by atoms with van der Waals surface area (Å²) in [7, 11) is -4.38. The van der Waals surface area contributed by atoms with E-state index < -0.39 is 26.5 Å². The fourth-order valence-electron chi connectivity index (χ4n) is 6.78. The van der Waals surface area contributed by atoms with E-state index in [9.17, 15) is 19.0 Å². The second kappa shape index (κ2) is 44.1. The number of unbranched alkanes of at least 4 members (excludes halogenated alkanes) is 28. The molecular weight excluding hydrogens is 737 g/mol. The predicted molar refractivity (Wildman–Crippen MR) is 238 cm³/mol. The van der Waals surface area contributed by atoms with Crippen LogP contribution in [0.3, 0.4) is 0 Å². The van der Waals surface area contributed by atoms with Crippen molar-refractivity contribution in [3.8, 4) is 0 Å². The van der Waals surface area contributed by atoms with Gasteiger partial charge in [-0.15, -0.1) is 0 Å². The summed E-state index contributed by atoms with van der Waals surface area (Å²) >= 11 is 0. The number of nitrogens with two attached hydrogens (primary N) is 1. The Bertz CT molecular complexity index is 990. The van der Waals surface area contributed by atoms with Gasteiger partial charge >= 0.3 is 19.8 Å². The highest BCUT2D eigenvalue weighted by molar-refractivity contribution is 7.47. The average Bonchev–Trinajstić information content (AvgIpc) is 3.20. The number of carbonyl (C=O) groups excluding carboxylic acids is 2. The molecule has 0 saturated carbocycles. The number of phosphoric acid groups is 1.